The number of rotatable bonds is 6. The maximum absolute atomic E-state index is 13.7. The molecule has 190 valence electrons. The number of aryl methyl sites for hydroxylation is 1. The van der Waals surface area contributed by atoms with Crippen LogP contribution in [-0.2, 0) is 14.3 Å². The predicted molar refractivity (Wildman–Crippen MR) is 143 cm³/mol. The van der Waals surface area contributed by atoms with Crippen molar-refractivity contribution in [1.82, 2.24) is 10.2 Å². The van der Waals surface area contributed by atoms with Gasteiger partial charge in [0.15, 0.2) is 0 Å². The lowest BCUT2D eigenvalue weighted by Crippen LogP contribution is -2.49. The fraction of sp³-hybridized carbons (Fsp3) is 0.345. The first-order valence-corrected chi connectivity index (χ1v) is 12.0. The Bertz CT molecular complexity index is 1280. The predicted octanol–water partition coefficient (Wildman–Crippen LogP) is 5.51. The molecule has 36 heavy (non-hydrogen) atoms. The number of carbonyl (C=O) groups excluding carboxylic acids is 3. The van der Waals surface area contributed by atoms with E-state index in [1.54, 1.807) is 34.7 Å². The molecule has 0 saturated heterocycles. The SMILES string of the molecule is Cc1cccc(C(C(=O)Nc2ccc3ccccc3c2)N(C)C(=O)C(C)NC(=O)OC(C)(C)C)c1C. The Hall–Kier alpha value is -3.87. The summed E-state index contributed by atoms with van der Waals surface area (Å²) < 4.78 is 5.28. The second-order valence-electron chi connectivity index (χ2n) is 10.1. The highest BCUT2D eigenvalue weighted by Crippen LogP contribution is 2.28. The summed E-state index contributed by atoms with van der Waals surface area (Å²) in [5, 5.41) is 7.62. The molecule has 2 atom stereocenters. The summed E-state index contributed by atoms with van der Waals surface area (Å²) >= 11 is 0. The van der Waals surface area contributed by atoms with Crippen molar-refractivity contribution in [3.05, 3.63) is 77.4 Å². The Morgan fingerprint density at radius 1 is 0.917 bits per heavy atom. The summed E-state index contributed by atoms with van der Waals surface area (Å²) in [5.74, 6) is -0.764. The van der Waals surface area contributed by atoms with Crippen molar-refractivity contribution in [2.45, 2.75) is 59.2 Å². The molecule has 3 aromatic carbocycles. The van der Waals surface area contributed by atoms with E-state index in [-0.39, 0.29) is 5.91 Å². The normalized spacial score (nSPS) is 13.0. The summed E-state index contributed by atoms with van der Waals surface area (Å²) in [6.45, 7) is 10.7. The average Bonchev–Trinajstić information content (AvgIpc) is 2.80. The molecule has 3 rings (SSSR count). The Balaban J connectivity index is 1.90. The van der Waals surface area contributed by atoms with Crippen molar-refractivity contribution in [2.75, 3.05) is 12.4 Å². The number of amides is 3. The van der Waals surface area contributed by atoms with E-state index in [1.165, 1.54) is 4.90 Å². The van der Waals surface area contributed by atoms with Crippen molar-refractivity contribution in [2.24, 2.45) is 0 Å². The van der Waals surface area contributed by atoms with Gasteiger partial charge in [-0.1, -0.05) is 48.5 Å². The van der Waals surface area contributed by atoms with Crippen LogP contribution >= 0.6 is 0 Å². The molecule has 0 fully saturated rings. The molecule has 0 aliphatic carbocycles. The van der Waals surface area contributed by atoms with Crippen molar-refractivity contribution in [3.63, 3.8) is 0 Å². The molecule has 0 radical (unpaired) electrons. The molecule has 7 heteroatoms. The molecule has 0 spiro atoms. The van der Waals surface area contributed by atoms with E-state index in [4.69, 9.17) is 4.74 Å². The topological polar surface area (TPSA) is 87.7 Å². The minimum absolute atomic E-state index is 0.348. The van der Waals surface area contributed by atoms with Crippen LogP contribution in [0.5, 0.6) is 0 Å². The zero-order chi connectivity index (χ0) is 26.6. The van der Waals surface area contributed by atoms with E-state index >= 15 is 0 Å². The number of alkyl carbamates (subject to hydrolysis) is 1. The number of likely N-dealkylation sites (N-methyl/N-ethyl adjacent to an activating group) is 1. The van der Waals surface area contributed by atoms with Gasteiger partial charge < -0.3 is 20.3 Å². The maximum atomic E-state index is 13.7. The number of hydrogen-bond acceptors (Lipinski definition) is 4. The van der Waals surface area contributed by atoms with E-state index in [2.05, 4.69) is 10.6 Å². The fourth-order valence-corrected chi connectivity index (χ4v) is 4.05. The first kappa shape index (κ1) is 26.7. The first-order chi connectivity index (χ1) is 16.9. The van der Waals surface area contributed by atoms with Crippen LogP contribution in [0.1, 0.15) is 50.4 Å². The van der Waals surface area contributed by atoms with Crippen molar-refractivity contribution < 1.29 is 19.1 Å². The van der Waals surface area contributed by atoms with Gasteiger partial charge in [-0.3, -0.25) is 9.59 Å². The fourth-order valence-electron chi connectivity index (χ4n) is 4.05. The van der Waals surface area contributed by atoms with Gasteiger partial charge in [0.1, 0.15) is 17.7 Å². The largest absolute Gasteiger partial charge is 0.444 e. The zero-order valence-corrected chi connectivity index (χ0v) is 22.0. The highest BCUT2D eigenvalue weighted by atomic mass is 16.6. The molecule has 0 bridgehead atoms. The highest BCUT2D eigenvalue weighted by molar-refractivity contribution is 6.00. The summed E-state index contributed by atoms with van der Waals surface area (Å²) in [6, 6.07) is 17.5. The molecule has 2 N–H and O–H groups in total. The second-order valence-corrected chi connectivity index (χ2v) is 10.1. The zero-order valence-electron chi connectivity index (χ0n) is 22.0. The van der Waals surface area contributed by atoms with Gasteiger partial charge >= 0.3 is 6.09 Å². The third-order valence-corrected chi connectivity index (χ3v) is 6.05. The number of carbonyl (C=O) groups is 3. The van der Waals surface area contributed by atoms with E-state index < -0.39 is 29.7 Å². The Morgan fingerprint density at radius 3 is 2.25 bits per heavy atom. The molecule has 7 nitrogen and oxygen atoms in total. The summed E-state index contributed by atoms with van der Waals surface area (Å²) in [5.41, 5.74) is 2.59. The molecular formula is C29H35N3O4. The number of ether oxygens (including phenoxy) is 1. The molecule has 0 aromatic heterocycles. The Morgan fingerprint density at radius 2 is 1.58 bits per heavy atom. The molecule has 0 heterocycles. The van der Waals surface area contributed by atoms with Crippen molar-refractivity contribution in [1.29, 1.82) is 0 Å². The summed E-state index contributed by atoms with van der Waals surface area (Å²) in [7, 11) is 1.57. The van der Waals surface area contributed by atoms with Crippen LogP contribution in [0.2, 0.25) is 0 Å². The quantitative estimate of drug-likeness (QED) is 0.478. The van der Waals surface area contributed by atoms with Crippen LogP contribution in [0.3, 0.4) is 0 Å². The van der Waals surface area contributed by atoms with Gasteiger partial charge in [-0.25, -0.2) is 4.79 Å². The van der Waals surface area contributed by atoms with E-state index in [9.17, 15) is 14.4 Å². The molecule has 0 aliphatic heterocycles. The number of fused-ring (bicyclic) bond motifs is 1. The van der Waals surface area contributed by atoms with Crippen LogP contribution in [0.25, 0.3) is 10.8 Å². The lowest BCUT2D eigenvalue weighted by Gasteiger charge is -2.31. The number of nitrogens with one attached hydrogen (secondary N) is 2. The number of nitrogens with zero attached hydrogens (tertiary/aromatic N) is 1. The minimum Gasteiger partial charge on any atom is -0.444 e. The monoisotopic (exact) mass is 489 g/mol. The summed E-state index contributed by atoms with van der Waals surface area (Å²) in [4.78, 5) is 40.6. The van der Waals surface area contributed by atoms with Crippen LogP contribution in [0.15, 0.2) is 60.7 Å². The van der Waals surface area contributed by atoms with Crippen LogP contribution in [0, 0.1) is 13.8 Å². The van der Waals surface area contributed by atoms with Gasteiger partial charge in [0.05, 0.1) is 0 Å². The Labute approximate surface area is 212 Å². The third-order valence-electron chi connectivity index (χ3n) is 6.05. The summed E-state index contributed by atoms with van der Waals surface area (Å²) in [6.07, 6.45) is -0.694. The molecule has 0 saturated carbocycles. The number of benzene rings is 3. The number of hydrogen-bond donors (Lipinski definition) is 2. The van der Waals surface area contributed by atoms with E-state index in [0.29, 0.717) is 11.3 Å². The lowest BCUT2D eigenvalue weighted by atomic mass is 9.95. The van der Waals surface area contributed by atoms with E-state index in [0.717, 1.165) is 21.9 Å². The number of anilines is 1. The standard InChI is InChI=1S/C29H35N3O4/c1-18-11-10-14-24(19(18)2)25(32(7)27(34)20(3)30-28(35)36-29(4,5)6)26(33)31-23-16-15-21-12-8-9-13-22(21)17-23/h8-17,20,25H,1-7H3,(H,30,35)(H,31,33). The van der Waals surface area contributed by atoms with Crippen molar-refractivity contribution in [3.8, 4) is 0 Å². The molecular weight excluding hydrogens is 454 g/mol. The van der Waals surface area contributed by atoms with Crippen molar-refractivity contribution >= 4 is 34.4 Å². The first-order valence-electron chi connectivity index (χ1n) is 12.0. The smallest absolute Gasteiger partial charge is 0.408 e. The highest BCUT2D eigenvalue weighted by Gasteiger charge is 2.33. The average molecular weight is 490 g/mol. The molecule has 2 unspecified atom stereocenters. The van der Waals surface area contributed by atoms with E-state index in [1.807, 2.05) is 74.5 Å². The lowest BCUT2D eigenvalue weighted by molar-refractivity contribution is -0.138. The van der Waals surface area contributed by atoms with Gasteiger partial charge in [0.2, 0.25) is 5.91 Å². The minimum atomic E-state index is -0.910. The van der Waals surface area contributed by atoms with Gasteiger partial charge in [0.25, 0.3) is 5.91 Å². The van der Waals surface area contributed by atoms with Gasteiger partial charge in [-0.2, -0.15) is 0 Å². The third kappa shape index (κ3) is 6.42. The maximum Gasteiger partial charge on any atom is 0.408 e. The van der Waals surface area contributed by atoms with Gasteiger partial charge in [-0.15, -0.1) is 0 Å². The molecule has 0 aliphatic rings. The molecule has 3 amide bonds. The van der Waals surface area contributed by atoms with Gasteiger partial charge in [-0.05, 0) is 81.1 Å². The second kappa shape index (κ2) is 10.8. The Kier molecular flexibility index (Phi) is 8.03. The van der Waals surface area contributed by atoms with Crippen LogP contribution in [-0.4, -0.2) is 41.5 Å². The van der Waals surface area contributed by atoms with Crippen LogP contribution in [0.4, 0.5) is 10.5 Å². The van der Waals surface area contributed by atoms with Gasteiger partial charge in [0, 0.05) is 12.7 Å². The van der Waals surface area contributed by atoms with Crippen LogP contribution < -0.4 is 10.6 Å². The molecule has 3 aromatic rings.